The molecule has 0 bridgehead atoms. The van der Waals surface area contributed by atoms with Crippen molar-refractivity contribution in [3.05, 3.63) is 71.3 Å². The molecule has 3 aromatic rings. The summed E-state index contributed by atoms with van der Waals surface area (Å²) in [6, 6.07) is 13.8. The van der Waals surface area contributed by atoms with E-state index in [0.29, 0.717) is 17.1 Å². The number of methoxy groups -OCH3 is 1. The summed E-state index contributed by atoms with van der Waals surface area (Å²) in [5.41, 5.74) is 1.21. The van der Waals surface area contributed by atoms with E-state index in [1.807, 2.05) is 0 Å². The molecule has 1 amide bonds. The zero-order valence-electron chi connectivity index (χ0n) is 15.4. The largest absolute Gasteiger partial charge is 0.497 e. The number of hydrogen-bond acceptors (Lipinski definition) is 6. The minimum Gasteiger partial charge on any atom is -0.497 e. The van der Waals surface area contributed by atoms with E-state index in [0.717, 1.165) is 5.56 Å². The van der Waals surface area contributed by atoms with Crippen molar-refractivity contribution in [2.75, 3.05) is 12.4 Å². The van der Waals surface area contributed by atoms with Gasteiger partial charge in [-0.2, -0.15) is 0 Å². The summed E-state index contributed by atoms with van der Waals surface area (Å²) in [5, 5.41) is 7.61. The summed E-state index contributed by atoms with van der Waals surface area (Å²) in [6.07, 6.45) is 1.30. The number of benzene rings is 2. The molecule has 0 saturated heterocycles. The number of nitrogens with two attached hydrogens (primary N) is 1. The molecule has 0 aliphatic rings. The molecule has 0 aliphatic heterocycles. The van der Waals surface area contributed by atoms with Crippen LogP contribution in [0.1, 0.15) is 0 Å². The molecule has 2 aromatic carbocycles. The first-order valence-electron chi connectivity index (χ1n) is 8.40. The number of hydrogen-bond donors (Lipinski definition) is 2. The van der Waals surface area contributed by atoms with Crippen LogP contribution < -0.4 is 20.8 Å². The van der Waals surface area contributed by atoms with E-state index < -0.39 is 15.9 Å². The van der Waals surface area contributed by atoms with Gasteiger partial charge in [-0.1, -0.05) is 0 Å². The number of ether oxygens (including phenoxy) is 1. The monoisotopic (exact) mass is 414 g/mol. The molecular weight excluding hydrogens is 396 g/mol. The van der Waals surface area contributed by atoms with Crippen LogP contribution in [0.3, 0.4) is 0 Å². The number of amides is 1. The highest BCUT2D eigenvalue weighted by Crippen LogP contribution is 2.19. The van der Waals surface area contributed by atoms with Crippen LogP contribution in [0.4, 0.5) is 5.69 Å². The van der Waals surface area contributed by atoms with Crippen molar-refractivity contribution < 1.29 is 17.9 Å². The van der Waals surface area contributed by atoms with Gasteiger partial charge in [-0.15, -0.1) is 0 Å². The van der Waals surface area contributed by atoms with E-state index in [1.54, 1.807) is 31.4 Å². The van der Waals surface area contributed by atoms with Crippen molar-refractivity contribution in [3.63, 3.8) is 0 Å². The molecule has 0 saturated carbocycles. The zero-order chi connectivity index (χ0) is 21.0. The molecule has 150 valence electrons. The molecule has 0 atom stereocenters. The molecule has 0 aliphatic carbocycles. The number of anilines is 1. The van der Waals surface area contributed by atoms with Gasteiger partial charge in [0.1, 0.15) is 12.3 Å². The second-order valence-electron chi connectivity index (χ2n) is 6.09. The van der Waals surface area contributed by atoms with Crippen LogP contribution in [0.15, 0.2) is 70.6 Å². The first kappa shape index (κ1) is 20.2. The molecule has 10 heteroatoms. The molecule has 3 rings (SSSR count). The van der Waals surface area contributed by atoms with Crippen molar-refractivity contribution in [1.29, 1.82) is 0 Å². The molecule has 1 heterocycles. The lowest BCUT2D eigenvalue weighted by Gasteiger charge is -2.09. The smallest absolute Gasteiger partial charge is 0.254 e. The normalized spacial score (nSPS) is 11.1. The Hall–Kier alpha value is -3.50. The average molecular weight is 414 g/mol. The minimum absolute atomic E-state index is 0.0648. The lowest BCUT2D eigenvalue weighted by Crippen LogP contribution is -2.27. The lowest BCUT2D eigenvalue weighted by molar-refractivity contribution is -0.116. The fourth-order valence-electron chi connectivity index (χ4n) is 2.55. The first-order chi connectivity index (χ1) is 13.8. The Morgan fingerprint density at radius 2 is 1.79 bits per heavy atom. The fraction of sp³-hybridized carbons (Fsp3) is 0.105. The molecule has 0 spiro atoms. The maximum Gasteiger partial charge on any atom is 0.254 e. The van der Waals surface area contributed by atoms with E-state index in [2.05, 4.69) is 10.3 Å². The van der Waals surface area contributed by atoms with Gasteiger partial charge in [-0.05, 0) is 48.5 Å². The highest BCUT2D eigenvalue weighted by molar-refractivity contribution is 7.89. The third-order valence-corrected chi connectivity index (χ3v) is 4.98. The van der Waals surface area contributed by atoms with Crippen LogP contribution in [0, 0.1) is 0 Å². The van der Waals surface area contributed by atoms with Gasteiger partial charge in [-0.25, -0.2) is 18.5 Å². The van der Waals surface area contributed by atoms with Gasteiger partial charge in [0.05, 0.1) is 24.0 Å². The topological polar surface area (TPSA) is 133 Å². The maximum absolute atomic E-state index is 12.3. The number of rotatable bonds is 6. The van der Waals surface area contributed by atoms with Gasteiger partial charge in [0.25, 0.3) is 5.56 Å². The van der Waals surface area contributed by atoms with Crippen LogP contribution in [0.25, 0.3) is 11.3 Å². The quantitative estimate of drug-likeness (QED) is 0.623. The highest BCUT2D eigenvalue weighted by Gasteiger charge is 2.10. The van der Waals surface area contributed by atoms with Crippen molar-refractivity contribution in [2.24, 2.45) is 5.14 Å². The van der Waals surface area contributed by atoms with Crippen molar-refractivity contribution in [1.82, 2.24) is 9.55 Å². The van der Waals surface area contributed by atoms with Crippen LogP contribution in [-0.4, -0.2) is 31.0 Å². The third-order valence-electron chi connectivity index (χ3n) is 4.05. The summed E-state index contributed by atoms with van der Waals surface area (Å²) in [6.45, 7) is -0.244. The third kappa shape index (κ3) is 5.06. The Bertz CT molecular complexity index is 1190. The van der Waals surface area contributed by atoms with Gasteiger partial charge in [-0.3, -0.25) is 14.2 Å². The van der Waals surface area contributed by atoms with Crippen molar-refractivity contribution in [2.45, 2.75) is 11.4 Å². The Labute approximate surface area is 166 Å². The standard InChI is InChI=1S/C19H18N4O5S/c1-28-15-6-2-13(3-7-15)17-10-19(25)23(12-21-17)11-18(24)22-14-4-8-16(9-5-14)29(20,26)27/h2-10,12H,11H2,1H3,(H,22,24)(H2,20,26,27). The molecule has 29 heavy (non-hydrogen) atoms. The lowest BCUT2D eigenvalue weighted by atomic mass is 10.1. The number of aromatic nitrogens is 2. The Kier molecular flexibility index (Phi) is 5.76. The molecule has 3 N–H and O–H groups in total. The number of nitrogens with zero attached hydrogens (tertiary/aromatic N) is 2. The van der Waals surface area contributed by atoms with Gasteiger partial charge >= 0.3 is 0 Å². The average Bonchev–Trinajstić information content (AvgIpc) is 2.69. The van der Waals surface area contributed by atoms with Crippen LogP contribution in [0.5, 0.6) is 5.75 Å². The van der Waals surface area contributed by atoms with E-state index in [9.17, 15) is 18.0 Å². The Balaban J connectivity index is 1.69. The van der Waals surface area contributed by atoms with Crippen LogP contribution >= 0.6 is 0 Å². The number of sulfonamides is 1. The molecule has 0 fully saturated rings. The minimum atomic E-state index is -3.81. The summed E-state index contributed by atoms with van der Waals surface area (Å²) in [7, 11) is -2.24. The summed E-state index contributed by atoms with van der Waals surface area (Å²) in [4.78, 5) is 28.7. The fourth-order valence-corrected chi connectivity index (χ4v) is 3.06. The van der Waals surface area contributed by atoms with Gasteiger partial charge in [0.15, 0.2) is 0 Å². The number of nitrogens with one attached hydrogen (secondary N) is 1. The molecule has 9 nitrogen and oxygen atoms in total. The van der Waals surface area contributed by atoms with E-state index >= 15 is 0 Å². The number of carbonyl (C=O) groups is 1. The molecule has 0 unspecified atom stereocenters. The maximum atomic E-state index is 12.3. The Morgan fingerprint density at radius 1 is 1.14 bits per heavy atom. The van der Waals surface area contributed by atoms with Crippen LogP contribution in [-0.2, 0) is 21.4 Å². The van der Waals surface area contributed by atoms with Crippen LogP contribution in [0.2, 0.25) is 0 Å². The highest BCUT2D eigenvalue weighted by atomic mass is 32.2. The molecule has 1 aromatic heterocycles. The molecule has 0 radical (unpaired) electrons. The second kappa shape index (κ2) is 8.25. The van der Waals surface area contributed by atoms with Crippen molar-refractivity contribution in [3.8, 4) is 17.0 Å². The first-order valence-corrected chi connectivity index (χ1v) is 9.94. The SMILES string of the molecule is COc1ccc(-c2cc(=O)n(CC(=O)Nc3ccc(S(N)(=O)=O)cc3)cn2)cc1. The van der Waals surface area contributed by atoms with E-state index in [-0.39, 0.29) is 17.0 Å². The Morgan fingerprint density at radius 3 is 2.34 bits per heavy atom. The van der Waals surface area contributed by atoms with Gasteiger partial charge in [0, 0.05) is 17.3 Å². The van der Waals surface area contributed by atoms with E-state index in [1.165, 1.54) is 41.2 Å². The van der Waals surface area contributed by atoms with Gasteiger partial charge < -0.3 is 10.1 Å². The predicted molar refractivity (Wildman–Crippen MR) is 107 cm³/mol. The second-order valence-corrected chi connectivity index (χ2v) is 7.65. The van der Waals surface area contributed by atoms with Crippen molar-refractivity contribution >= 4 is 21.6 Å². The molecular formula is C19H18N4O5S. The van der Waals surface area contributed by atoms with E-state index in [4.69, 9.17) is 9.88 Å². The summed E-state index contributed by atoms with van der Waals surface area (Å²) in [5.74, 6) is 0.227. The number of carbonyl (C=O) groups excluding carboxylic acids is 1. The zero-order valence-corrected chi connectivity index (χ0v) is 16.2. The van der Waals surface area contributed by atoms with Gasteiger partial charge in [0.2, 0.25) is 15.9 Å². The number of primary sulfonamides is 1. The summed E-state index contributed by atoms with van der Waals surface area (Å²) < 4.78 is 28.8. The predicted octanol–water partition coefficient (Wildman–Crippen LogP) is 1.20. The summed E-state index contributed by atoms with van der Waals surface area (Å²) >= 11 is 0.